The van der Waals surface area contributed by atoms with Gasteiger partial charge in [-0.05, 0) is 70.6 Å². The SMILES string of the molecule is CC[C@@H]1CN(Cc2cc(C(CC(=O)O)c3cc(Cl)c4c(nnn4C)c3C)cc3ccsc23)S(=O)(=O)c2cc(Cl)cnc2O1. The van der Waals surface area contributed by atoms with Gasteiger partial charge < -0.3 is 9.84 Å². The summed E-state index contributed by atoms with van der Waals surface area (Å²) in [5.41, 5.74) is 4.25. The van der Waals surface area contributed by atoms with E-state index in [9.17, 15) is 18.3 Å². The van der Waals surface area contributed by atoms with Crippen LogP contribution >= 0.6 is 34.5 Å². The van der Waals surface area contributed by atoms with Gasteiger partial charge in [-0.3, -0.25) is 4.79 Å². The fourth-order valence-electron chi connectivity index (χ4n) is 5.66. The van der Waals surface area contributed by atoms with Gasteiger partial charge in [0, 0.05) is 30.4 Å². The lowest BCUT2D eigenvalue weighted by molar-refractivity contribution is -0.137. The molecule has 0 radical (unpaired) electrons. The second-order valence-corrected chi connectivity index (χ2v) is 14.2. The van der Waals surface area contributed by atoms with Gasteiger partial charge in [0.05, 0.1) is 23.0 Å². The molecule has 224 valence electrons. The van der Waals surface area contributed by atoms with Crippen molar-refractivity contribution in [1.82, 2.24) is 24.3 Å². The van der Waals surface area contributed by atoms with Gasteiger partial charge in [0.25, 0.3) is 0 Å². The summed E-state index contributed by atoms with van der Waals surface area (Å²) in [6, 6.07) is 8.96. The third kappa shape index (κ3) is 5.35. The molecule has 1 N–H and O–H groups in total. The number of ether oxygens (including phenoxy) is 1. The molecule has 2 aromatic carbocycles. The second kappa shape index (κ2) is 11.3. The van der Waals surface area contributed by atoms with Crippen molar-refractivity contribution >= 4 is 71.7 Å². The van der Waals surface area contributed by atoms with Crippen molar-refractivity contribution in [2.45, 2.75) is 50.2 Å². The Morgan fingerprint density at radius 2 is 2.05 bits per heavy atom. The lowest BCUT2D eigenvalue weighted by atomic mass is 9.84. The Hall–Kier alpha value is -3.29. The van der Waals surface area contributed by atoms with Gasteiger partial charge >= 0.3 is 5.97 Å². The first-order valence-electron chi connectivity index (χ1n) is 13.5. The number of benzene rings is 2. The molecule has 0 aliphatic carbocycles. The molecule has 0 fully saturated rings. The van der Waals surface area contributed by atoms with E-state index in [0.717, 1.165) is 32.3 Å². The fourth-order valence-corrected chi connectivity index (χ4v) is 8.65. The summed E-state index contributed by atoms with van der Waals surface area (Å²) < 4.78 is 37.8. The van der Waals surface area contributed by atoms with Gasteiger partial charge in [-0.2, -0.15) is 4.31 Å². The molecule has 4 heterocycles. The number of carbonyl (C=O) groups is 1. The number of fused-ring (bicyclic) bond motifs is 3. The van der Waals surface area contributed by atoms with Crippen LogP contribution in [0.15, 0.2) is 46.8 Å². The average molecular weight is 661 g/mol. The van der Waals surface area contributed by atoms with Crippen LogP contribution in [0.1, 0.15) is 47.9 Å². The molecule has 2 atom stereocenters. The van der Waals surface area contributed by atoms with Gasteiger partial charge in [0.2, 0.25) is 15.9 Å². The van der Waals surface area contributed by atoms with Crippen molar-refractivity contribution in [3.05, 3.63) is 74.2 Å². The Bertz CT molecular complexity index is 2010. The molecule has 1 aliphatic rings. The fraction of sp³-hybridized carbons (Fsp3) is 0.310. The van der Waals surface area contributed by atoms with E-state index in [0.29, 0.717) is 22.5 Å². The molecule has 6 rings (SSSR count). The van der Waals surface area contributed by atoms with E-state index in [1.54, 1.807) is 17.8 Å². The lowest BCUT2D eigenvalue weighted by Gasteiger charge is -2.24. The number of hydrogen-bond donors (Lipinski definition) is 1. The molecule has 0 amide bonds. The minimum absolute atomic E-state index is 0.0297. The van der Waals surface area contributed by atoms with Gasteiger partial charge in [-0.15, -0.1) is 16.4 Å². The highest BCUT2D eigenvalue weighted by atomic mass is 35.5. The summed E-state index contributed by atoms with van der Waals surface area (Å²) in [6.45, 7) is 3.96. The summed E-state index contributed by atoms with van der Waals surface area (Å²) >= 11 is 14.3. The van der Waals surface area contributed by atoms with Crippen molar-refractivity contribution in [1.29, 1.82) is 0 Å². The number of carboxylic acids is 1. The Kier molecular flexibility index (Phi) is 7.84. The number of aliphatic carboxylic acids is 1. The standard InChI is InChI=1S/C29H27Cl2N5O5S2/c1-4-20-14-36(43(39,40)24-9-19(30)12-32-29(24)41-20)13-18-8-17(7-16-5-6-42-28(16)18)22(11-25(37)38)21-10-23(31)27-26(15(21)2)33-34-35(27)3/h5-10,12,20,22H,4,11,13-14H2,1-3H3,(H,37,38)/t20-,22?/m1/s1. The number of aryl methyl sites for hydroxylation is 2. The molecular weight excluding hydrogens is 633 g/mol. The highest BCUT2D eigenvalue weighted by Gasteiger charge is 2.36. The molecule has 0 bridgehead atoms. The monoisotopic (exact) mass is 659 g/mol. The van der Waals surface area contributed by atoms with Crippen LogP contribution in [-0.2, 0) is 28.4 Å². The molecule has 1 aliphatic heterocycles. The zero-order valence-corrected chi connectivity index (χ0v) is 26.6. The maximum Gasteiger partial charge on any atom is 0.304 e. The summed E-state index contributed by atoms with van der Waals surface area (Å²) in [7, 11) is -2.29. The van der Waals surface area contributed by atoms with Gasteiger partial charge in [0.1, 0.15) is 22.0 Å². The summed E-state index contributed by atoms with van der Waals surface area (Å²) in [5, 5.41) is 21.8. The Morgan fingerprint density at radius 3 is 2.79 bits per heavy atom. The van der Waals surface area contributed by atoms with Crippen molar-refractivity contribution < 1.29 is 23.1 Å². The number of rotatable bonds is 7. The van der Waals surface area contributed by atoms with Crippen LogP contribution in [0.3, 0.4) is 0 Å². The van der Waals surface area contributed by atoms with Gasteiger partial charge in [0.15, 0.2) is 0 Å². The van der Waals surface area contributed by atoms with Gasteiger partial charge in [-0.25, -0.2) is 18.1 Å². The number of halogens is 2. The first kappa shape index (κ1) is 29.8. The summed E-state index contributed by atoms with van der Waals surface area (Å²) in [4.78, 5) is 16.3. The van der Waals surface area contributed by atoms with Crippen molar-refractivity contribution in [2.24, 2.45) is 7.05 Å². The van der Waals surface area contributed by atoms with E-state index in [-0.39, 0.29) is 35.3 Å². The largest absolute Gasteiger partial charge is 0.481 e. The van der Waals surface area contributed by atoms with Crippen LogP contribution in [0.4, 0.5) is 0 Å². The smallest absolute Gasteiger partial charge is 0.304 e. The molecule has 1 unspecified atom stereocenters. The third-order valence-corrected chi connectivity index (χ3v) is 11.1. The van der Waals surface area contributed by atoms with E-state index in [2.05, 4.69) is 15.3 Å². The maximum absolute atomic E-state index is 14.0. The zero-order chi connectivity index (χ0) is 30.6. The number of pyridine rings is 1. The van der Waals surface area contributed by atoms with E-state index in [4.69, 9.17) is 27.9 Å². The molecule has 5 aromatic rings. The van der Waals surface area contributed by atoms with Crippen molar-refractivity contribution in [3.63, 3.8) is 0 Å². The normalized spacial score (nSPS) is 17.5. The molecular formula is C29H27Cl2N5O5S2. The van der Waals surface area contributed by atoms with Gasteiger partial charge in [-0.1, -0.05) is 41.4 Å². The highest BCUT2D eigenvalue weighted by molar-refractivity contribution is 7.89. The predicted octanol–water partition coefficient (Wildman–Crippen LogP) is 6.16. The van der Waals surface area contributed by atoms with Crippen LogP contribution in [0, 0.1) is 6.92 Å². The molecule has 43 heavy (non-hydrogen) atoms. The summed E-state index contributed by atoms with van der Waals surface area (Å²) in [5.74, 6) is -1.53. The number of nitrogens with zero attached hydrogens (tertiary/aromatic N) is 5. The third-order valence-electron chi connectivity index (χ3n) is 7.82. The summed E-state index contributed by atoms with van der Waals surface area (Å²) in [6.07, 6.45) is 1.31. The molecule has 10 nitrogen and oxygen atoms in total. The average Bonchev–Trinajstić information content (AvgIpc) is 3.58. The van der Waals surface area contributed by atoms with E-state index in [1.807, 2.05) is 37.4 Å². The number of sulfonamides is 1. The first-order chi connectivity index (χ1) is 20.5. The van der Waals surface area contributed by atoms with Crippen LogP contribution in [0.5, 0.6) is 5.88 Å². The minimum atomic E-state index is -4.04. The number of carboxylic acid groups (broad SMARTS) is 1. The Labute approximate surface area is 261 Å². The van der Waals surface area contributed by atoms with E-state index in [1.165, 1.54) is 27.9 Å². The minimum Gasteiger partial charge on any atom is -0.481 e. The molecule has 14 heteroatoms. The number of thiophene rings is 1. The Balaban J connectivity index is 1.49. The van der Waals surface area contributed by atoms with E-state index < -0.39 is 28.0 Å². The molecule has 3 aromatic heterocycles. The van der Waals surface area contributed by atoms with E-state index >= 15 is 0 Å². The van der Waals surface area contributed by atoms with Crippen LogP contribution < -0.4 is 4.74 Å². The van der Waals surface area contributed by atoms with Crippen LogP contribution in [-0.4, -0.2) is 56.4 Å². The Morgan fingerprint density at radius 1 is 1.26 bits per heavy atom. The number of aromatic nitrogens is 4. The quantitative estimate of drug-likeness (QED) is 0.220. The topological polar surface area (TPSA) is 128 Å². The first-order valence-corrected chi connectivity index (χ1v) is 16.6. The van der Waals surface area contributed by atoms with Crippen LogP contribution in [0.25, 0.3) is 21.1 Å². The highest BCUT2D eigenvalue weighted by Crippen LogP contribution is 2.40. The van der Waals surface area contributed by atoms with Crippen molar-refractivity contribution in [3.8, 4) is 5.88 Å². The predicted molar refractivity (Wildman–Crippen MR) is 166 cm³/mol. The van der Waals surface area contributed by atoms with Crippen molar-refractivity contribution in [2.75, 3.05) is 6.54 Å². The number of hydrogen-bond acceptors (Lipinski definition) is 8. The van der Waals surface area contributed by atoms with Crippen LogP contribution in [0.2, 0.25) is 10.0 Å². The molecule has 0 saturated heterocycles. The maximum atomic E-state index is 14.0. The molecule has 0 saturated carbocycles. The molecule has 0 spiro atoms. The second-order valence-electron chi connectivity index (χ2n) is 10.6. The lowest BCUT2D eigenvalue weighted by Crippen LogP contribution is -2.36. The zero-order valence-electron chi connectivity index (χ0n) is 23.4.